The van der Waals surface area contributed by atoms with Gasteiger partial charge in [-0.15, -0.1) is 0 Å². The Hall–Kier alpha value is -1.78. The molecule has 1 aromatic rings. The van der Waals surface area contributed by atoms with Crippen LogP contribution in [0.15, 0.2) is 12.1 Å². The van der Waals surface area contributed by atoms with Gasteiger partial charge in [-0.2, -0.15) is 0 Å². The molecule has 0 heterocycles. The van der Waals surface area contributed by atoms with Crippen molar-refractivity contribution in [1.82, 2.24) is 0 Å². The molecule has 0 saturated carbocycles. The van der Waals surface area contributed by atoms with Gasteiger partial charge >= 0.3 is 5.97 Å². The van der Waals surface area contributed by atoms with E-state index in [4.69, 9.17) is 10.8 Å². The number of carbonyl (C=O) groups is 1. The van der Waals surface area contributed by atoms with Gasteiger partial charge in [-0.1, -0.05) is 26.2 Å². The minimum atomic E-state index is -1.15. The fourth-order valence-electron chi connectivity index (χ4n) is 1.92. The maximum absolute atomic E-state index is 13.7. The Kier molecular flexibility index (Phi) is 5.60. The molecule has 1 atom stereocenters. The molecule has 1 rings (SSSR count). The number of nitrogens with one attached hydrogen (secondary N) is 1. The zero-order valence-electron chi connectivity index (χ0n) is 11.4. The molecule has 0 aliphatic rings. The minimum absolute atomic E-state index is 0.0609. The van der Waals surface area contributed by atoms with E-state index in [1.807, 2.05) is 6.92 Å². The van der Waals surface area contributed by atoms with Crippen LogP contribution in [0.4, 0.5) is 15.8 Å². The molecule has 0 aliphatic heterocycles. The number of nitrogen functional groups attached to an aromatic ring is 1. The van der Waals surface area contributed by atoms with E-state index in [0.717, 1.165) is 31.7 Å². The van der Waals surface area contributed by atoms with Crippen molar-refractivity contribution in [1.29, 1.82) is 0 Å². The van der Waals surface area contributed by atoms with E-state index >= 15 is 0 Å². The van der Waals surface area contributed by atoms with Crippen LogP contribution in [0.5, 0.6) is 0 Å². The lowest BCUT2D eigenvalue weighted by Crippen LogP contribution is -2.17. The Labute approximate surface area is 112 Å². The first-order chi connectivity index (χ1) is 8.95. The van der Waals surface area contributed by atoms with Crippen LogP contribution < -0.4 is 11.1 Å². The molecule has 106 valence electrons. The topological polar surface area (TPSA) is 75.3 Å². The van der Waals surface area contributed by atoms with Crippen molar-refractivity contribution in [2.75, 3.05) is 11.1 Å². The van der Waals surface area contributed by atoms with E-state index in [0.29, 0.717) is 0 Å². The molecule has 0 aliphatic carbocycles. The van der Waals surface area contributed by atoms with E-state index in [9.17, 15) is 9.18 Å². The summed E-state index contributed by atoms with van der Waals surface area (Å²) in [5.74, 6) is -1.68. The molecule has 0 aromatic heterocycles. The summed E-state index contributed by atoms with van der Waals surface area (Å²) in [5.41, 5.74) is 5.52. The fraction of sp³-hybridized carbons (Fsp3) is 0.500. The average molecular weight is 268 g/mol. The number of carboxylic acid groups (broad SMARTS) is 1. The second kappa shape index (κ2) is 6.97. The van der Waals surface area contributed by atoms with Gasteiger partial charge in [0.05, 0.1) is 11.3 Å². The average Bonchev–Trinajstić information content (AvgIpc) is 2.32. The third-order valence-corrected chi connectivity index (χ3v) is 3.01. The number of hydrogen-bond donors (Lipinski definition) is 3. The number of rotatable bonds is 7. The summed E-state index contributed by atoms with van der Waals surface area (Å²) in [6, 6.07) is 2.39. The number of halogens is 1. The summed E-state index contributed by atoms with van der Waals surface area (Å²) < 4.78 is 13.7. The van der Waals surface area contributed by atoms with Gasteiger partial charge in [0, 0.05) is 11.7 Å². The van der Waals surface area contributed by atoms with Gasteiger partial charge in [0.1, 0.15) is 5.82 Å². The lowest BCUT2D eigenvalue weighted by molar-refractivity contribution is 0.0698. The van der Waals surface area contributed by atoms with Crippen LogP contribution in [0.2, 0.25) is 0 Å². The van der Waals surface area contributed by atoms with Crippen molar-refractivity contribution in [3.63, 3.8) is 0 Å². The molecule has 1 unspecified atom stereocenters. The highest BCUT2D eigenvalue weighted by atomic mass is 19.1. The number of unbranched alkanes of at least 4 members (excludes halogenated alkanes) is 2. The minimum Gasteiger partial charge on any atom is -0.478 e. The molecule has 19 heavy (non-hydrogen) atoms. The third-order valence-electron chi connectivity index (χ3n) is 3.01. The standard InChI is InChI=1S/C14H21FN2O2/c1-3-4-5-6-9(2)17-13-7-10(14(18)19)12(16)8-11(13)15/h7-9,17H,3-6,16H2,1-2H3,(H,18,19). The molecule has 0 amide bonds. The Morgan fingerprint density at radius 2 is 2.16 bits per heavy atom. The predicted molar refractivity (Wildman–Crippen MR) is 75.0 cm³/mol. The van der Waals surface area contributed by atoms with E-state index < -0.39 is 11.8 Å². The number of anilines is 2. The Bertz CT molecular complexity index is 449. The number of benzene rings is 1. The van der Waals surface area contributed by atoms with E-state index in [1.165, 1.54) is 6.07 Å². The summed E-state index contributed by atoms with van der Waals surface area (Å²) in [6.07, 6.45) is 4.25. The lowest BCUT2D eigenvalue weighted by Gasteiger charge is -2.16. The van der Waals surface area contributed by atoms with Crippen molar-refractivity contribution in [2.45, 2.75) is 45.6 Å². The lowest BCUT2D eigenvalue weighted by atomic mass is 10.1. The van der Waals surface area contributed by atoms with Crippen LogP contribution in [-0.2, 0) is 0 Å². The number of aromatic carboxylic acids is 1. The molecular weight excluding hydrogens is 247 g/mol. The van der Waals surface area contributed by atoms with Gasteiger partial charge in [-0.3, -0.25) is 0 Å². The van der Waals surface area contributed by atoms with Crippen molar-refractivity contribution in [3.8, 4) is 0 Å². The Morgan fingerprint density at radius 1 is 1.47 bits per heavy atom. The molecule has 0 bridgehead atoms. The summed E-state index contributed by atoms with van der Waals surface area (Å²) in [7, 11) is 0. The Balaban J connectivity index is 2.77. The second-order valence-electron chi connectivity index (χ2n) is 4.77. The maximum atomic E-state index is 13.7. The normalized spacial score (nSPS) is 12.2. The first kappa shape index (κ1) is 15.3. The van der Waals surface area contributed by atoms with Crippen LogP contribution in [0.1, 0.15) is 49.9 Å². The van der Waals surface area contributed by atoms with Crippen molar-refractivity contribution in [3.05, 3.63) is 23.5 Å². The molecule has 0 spiro atoms. The highest BCUT2D eigenvalue weighted by Gasteiger charge is 2.14. The van der Waals surface area contributed by atoms with Gasteiger partial charge in [0.15, 0.2) is 0 Å². The highest BCUT2D eigenvalue weighted by molar-refractivity contribution is 5.94. The SMILES string of the molecule is CCCCCC(C)Nc1cc(C(=O)O)c(N)cc1F. The van der Waals surface area contributed by atoms with Crippen LogP contribution in [0.25, 0.3) is 0 Å². The number of nitrogens with two attached hydrogens (primary N) is 1. The van der Waals surface area contributed by atoms with Crippen molar-refractivity contribution in [2.24, 2.45) is 0 Å². The smallest absolute Gasteiger partial charge is 0.337 e. The Morgan fingerprint density at radius 3 is 2.74 bits per heavy atom. The first-order valence-corrected chi connectivity index (χ1v) is 6.54. The first-order valence-electron chi connectivity index (χ1n) is 6.54. The van der Waals surface area contributed by atoms with E-state index in [1.54, 1.807) is 0 Å². The molecule has 5 heteroatoms. The maximum Gasteiger partial charge on any atom is 0.337 e. The molecule has 4 nitrogen and oxygen atoms in total. The number of hydrogen-bond acceptors (Lipinski definition) is 3. The molecule has 4 N–H and O–H groups in total. The van der Waals surface area contributed by atoms with Gasteiger partial charge in [-0.25, -0.2) is 9.18 Å². The van der Waals surface area contributed by atoms with Gasteiger partial charge < -0.3 is 16.2 Å². The van der Waals surface area contributed by atoms with E-state index in [-0.39, 0.29) is 23.0 Å². The molecule has 0 radical (unpaired) electrons. The molecule has 0 fully saturated rings. The summed E-state index contributed by atoms with van der Waals surface area (Å²) in [6.45, 7) is 4.07. The zero-order valence-corrected chi connectivity index (χ0v) is 11.4. The van der Waals surface area contributed by atoms with Crippen molar-refractivity contribution >= 4 is 17.3 Å². The predicted octanol–water partition coefficient (Wildman–Crippen LogP) is 3.49. The van der Waals surface area contributed by atoms with Crippen LogP contribution >= 0.6 is 0 Å². The van der Waals surface area contributed by atoms with Gasteiger partial charge in [-0.05, 0) is 25.5 Å². The molecular formula is C14H21FN2O2. The number of carboxylic acids is 1. The summed E-state index contributed by atoms with van der Waals surface area (Å²) in [5, 5.41) is 12.0. The summed E-state index contributed by atoms with van der Waals surface area (Å²) in [4.78, 5) is 11.0. The quantitative estimate of drug-likeness (QED) is 0.522. The monoisotopic (exact) mass is 268 g/mol. The third kappa shape index (κ3) is 4.43. The molecule has 1 aromatic carbocycles. The fourth-order valence-corrected chi connectivity index (χ4v) is 1.92. The van der Waals surface area contributed by atoms with Crippen LogP contribution in [-0.4, -0.2) is 17.1 Å². The zero-order chi connectivity index (χ0) is 14.4. The summed E-state index contributed by atoms with van der Waals surface area (Å²) >= 11 is 0. The van der Waals surface area contributed by atoms with Crippen LogP contribution in [0.3, 0.4) is 0 Å². The van der Waals surface area contributed by atoms with Gasteiger partial charge in [0.25, 0.3) is 0 Å². The second-order valence-corrected chi connectivity index (χ2v) is 4.77. The molecule has 0 saturated heterocycles. The van der Waals surface area contributed by atoms with E-state index in [2.05, 4.69) is 12.2 Å². The van der Waals surface area contributed by atoms with Gasteiger partial charge in [0.2, 0.25) is 0 Å². The van der Waals surface area contributed by atoms with Crippen LogP contribution in [0, 0.1) is 5.82 Å². The largest absolute Gasteiger partial charge is 0.478 e. The van der Waals surface area contributed by atoms with Crippen molar-refractivity contribution < 1.29 is 14.3 Å². The highest BCUT2D eigenvalue weighted by Crippen LogP contribution is 2.23.